The van der Waals surface area contributed by atoms with Gasteiger partial charge in [-0.1, -0.05) is 0 Å². The molecule has 2 aliphatic rings. The van der Waals surface area contributed by atoms with Gasteiger partial charge in [-0.05, 0) is 24.6 Å². The molecule has 26 heavy (non-hydrogen) atoms. The maximum Gasteiger partial charge on any atom is 0.271 e. The Morgan fingerprint density at radius 3 is 2.96 bits per heavy atom. The van der Waals surface area contributed by atoms with E-state index in [1.807, 2.05) is 12.1 Å². The van der Waals surface area contributed by atoms with Crippen LogP contribution in [0.1, 0.15) is 16.9 Å². The number of carbonyl (C=O) groups is 1. The van der Waals surface area contributed by atoms with Crippen LogP contribution in [0, 0.1) is 0 Å². The molecule has 0 aromatic carbocycles. The predicted octanol–water partition coefficient (Wildman–Crippen LogP) is 0.381. The van der Waals surface area contributed by atoms with E-state index in [1.165, 1.54) is 0 Å². The highest BCUT2D eigenvalue weighted by Gasteiger charge is 2.40. The number of hydrogen-bond donors (Lipinski definition) is 2. The number of aliphatic hydroxyl groups is 1. The summed E-state index contributed by atoms with van der Waals surface area (Å²) in [4.78, 5) is 20.7. The molecular formula is C18H23N5O3. The van der Waals surface area contributed by atoms with Crippen molar-refractivity contribution in [2.24, 2.45) is 0 Å². The highest BCUT2D eigenvalue weighted by molar-refractivity contribution is 5.93. The van der Waals surface area contributed by atoms with E-state index in [1.54, 1.807) is 23.4 Å². The fraction of sp³-hybridized carbons (Fsp3) is 0.500. The monoisotopic (exact) mass is 357 g/mol. The highest BCUT2D eigenvalue weighted by atomic mass is 16.5. The molecule has 2 aromatic rings. The molecule has 2 N–H and O–H groups in total. The maximum absolute atomic E-state index is 12.8. The second-order valence-electron chi connectivity index (χ2n) is 7.00. The third-order valence-corrected chi connectivity index (χ3v) is 5.01. The van der Waals surface area contributed by atoms with Crippen LogP contribution < -0.4 is 0 Å². The van der Waals surface area contributed by atoms with Crippen LogP contribution >= 0.6 is 0 Å². The van der Waals surface area contributed by atoms with Crippen LogP contribution in [0.3, 0.4) is 0 Å². The number of β-amino-alcohol motifs (C(OH)–C–C–N with tert-alkyl or cyclic N) is 1. The summed E-state index contributed by atoms with van der Waals surface area (Å²) in [6.45, 7) is 4.50. The Balaban J connectivity index is 1.40. The number of amides is 1. The molecule has 2 fully saturated rings. The molecule has 1 amide bonds. The number of pyridine rings is 1. The minimum Gasteiger partial charge on any atom is -0.387 e. The summed E-state index contributed by atoms with van der Waals surface area (Å²) in [6.07, 6.45) is 3.99. The molecule has 0 bridgehead atoms. The van der Waals surface area contributed by atoms with E-state index in [0.29, 0.717) is 50.7 Å². The van der Waals surface area contributed by atoms with Crippen LogP contribution in [-0.4, -0.2) is 87.5 Å². The Kier molecular flexibility index (Phi) is 4.71. The summed E-state index contributed by atoms with van der Waals surface area (Å²) in [5.41, 5.74) is 1.11. The minimum atomic E-state index is -0.862. The zero-order valence-corrected chi connectivity index (χ0v) is 14.6. The topological polar surface area (TPSA) is 94.6 Å². The van der Waals surface area contributed by atoms with E-state index >= 15 is 0 Å². The smallest absolute Gasteiger partial charge is 0.271 e. The molecule has 4 heterocycles. The van der Waals surface area contributed by atoms with Gasteiger partial charge in [0.1, 0.15) is 5.69 Å². The lowest BCUT2D eigenvalue weighted by molar-refractivity contribution is -0.0257. The lowest BCUT2D eigenvalue weighted by Gasteiger charge is -2.33. The van der Waals surface area contributed by atoms with Gasteiger partial charge in [0.25, 0.3) is 5.91 Å². The zero-order valence-electron chi connectivity index (χ0n) is 14.6. The first-order chi connectivity index (χ1) is 12.6. The molecule has 0 saturated carbocycles. The van der Waals surface area contributed by atoms with Crippen molar-refractivity contribution in [3.63, 3.8) is 0 Å². The largest absolute Gasteiger partial charge is 0.387 e. The normalized spacial score (nSPS) is 24.1. The van der Waals surface area contributed by atoms with E-state index in [-0.39, 0.29) is 5.91 Å². The van der Waals surface area contributed by atoms with E-state index in [9.17, 15) is 9.90 Å². The van der Waals surface area contributed by atoms with Crippen molar-refractivity contribution >= 4 is 5.91 Å². The van der Waals surface area contributed by atoms with Gasteiger partial charge >= 0.3 is 0 Å². The first kappa shape index (κ1) is 17.1. The Morgan fingerprint density at radius 1 is 1.35 bits per heavy atom. The molecule has 4 rings (SSSR count). The van der Waals surface area contributed by atoms with E-state index < -0.39 is 5.60 Å². The van der Waals surface area contributed by atoms with Gasteiger partial charge in [0.15, 0.2) is 0 Å². The van der Waals surface area contributed by atoms with E-state index in [0.717, 1.165) is 18.7 Å². The molecule has 0 spiro atoms. The van der Waals surface area contributed by atoms with Crippen LogP contribution in [0.25, 0.3) is 11.3 Å². The second-order valence-corrected chi connectivity index (χ2v) is 7.00. The van der Waals surface area contributed by atoms with E-state index in [4.69, 9.17) is 4.74 Å². The third-order valence-electron chi connectivity index (χ3n) is 5.01. The number of aromatic nitrogens is 3. The van der Waals surface area contributed by atoms with Crippen LogP contribution in [0.5, 0.6) is 0 Å². The Labute approximate surface area is 151 Å². The van der Waals surface area contributed by atoms with Crippen LogP contribution in [0.15, 0.2) is 30.6 Å². The van der Waals surface area contributed by atoms with Gasteiger partial charge in [0, 0.05) is 44.1 Å². The van der Waals surface area contributed by atoms with Gasteiger partial charge < -0.3 is 14.7 Å². The van der Waals surface area contributed by atoms with Crippen molar-refractivity contribution in [1.82, 2.24) is 25.0 Å². The minimum absolute atomic E-state index is 0.134. The van der Waals surface area contributed by atoms with Crippen molar-refractivity contribution < 1.29 is 14.6 Å². The van der Waals surface area contributed by atoms with Gasteiger partial charge in [-0.2, -0.15) is 5.10 Å². The number of carbonyl (C=O) groups excluding carboxylic acids is 1. The predicted molar refractivity (Wildman–Crippen MR) is 94.5 cm³/mol. The molecule has 8 heteroatoms. The van der Waals surface area contributed by atoms with Gasteiger partial charge in [0.05, 0.1) is 31.1 Å². The Bertz CT molecular complexity index is 759. The molecule has 1 unspecified atom stereocenters. The molecule has 2 aromatic heterocycles. The molecule has 2 aliphatic heterocycles. The maximum atomic E-state index is 12.8. The fourth-order valence-corrected chi connectivity index (χ4v) is 3.60. The highest BCUT2D eigenvalue weighted by Crippen LogP contribution is 2.25. The summed E-state index contributed by atoms with van der Waals surface area (Å²) >= 11 is 0. The van der Waals surface area contributed by atoms with Gasteiger partial charge in [0.2, 0.25) is 0 Å². The van der Waals surface area contributed by atoms with Gasteiger partial charge in [-0.25, -0.2) is 0 Å². The molecule has 2 saturated heterocycles. The zero-order chi connectivity index (χ0) is 18.0. The summed E-state index contributed by atoms with van der Waals surface area (Å²) < 4.78 is 5.35. The number of morpholine rings is 1. The standard InChI is InChI=1S/C18H23N5O3/c24-17(16-10-15(20-21-16)14-2-1-4-19-11-14)23-5-3-18(25,13-23)12-22-6-8-26-9-7-22/h1-2,4,10-11,25H,3,5-9,12-13H2,(H,20,21). The first-order valence-electron chi connectivity index (χ1n) is 8.91. The Hall–Kier alpha value is -2.29. The van der Waals surface area contributed by atoms with Gasteiger partial charge in [-0.15, -0.1) is 0 Å². The number of nitrogens with one attached hydrogen (secondary N) is 1. The van der Waals surface area contributed by atoms with Gasteiger partial charge in [-0.3, -0.25) is 19.8 Å². The second kappa shape index (κ2) is 7.14. The molecule has 0 aliphatic carbocycles. The Morgan fingerprint density at radius 2 is 2.19 bits per heavy atom. The molecule has 0 radical (unpaired) electrons. The SMILES string of the molecule is O=C(c1cc(-c2cccnc2)n[nH]1)N1CCC(O)(CN2CCOCC2)C1. The average molecular weight is 357 g/mol. The number of aromatic amines is 1. The number of rotatable bonds is 4. The summed E-state index contributed by atoms with van der Waals surface area (Å²) in [6, 6.07) is 5.46. The van der Waals surface area contributed by atoms with Crippen molar-refractivity contribution in [2.75, 3.05) is 45.9 Å². The average Bonchev–Trinajstić information content (AvgIpc) is 3.30. The number of hydrogen-bond acceptors (Lipinski definition) is 6. The third kappa shape index (κ3) is 3.62. The molecular weight excluding hydrogens is 334 g/mol. The van der Waals surface area contributed by atoms with Crippen molar-refractivity contribution in [1.29, 1.82) is 0 Å². The summed E-state index contributed by atoms with van der Waals surface area (Å²) in [5.74, 6) is -0.134. The fourth-order valence-electron chi connectivity index (χ4n) is 3.60. The number of likely N-dealkylation sites (tertiary alicyclic amines) is 1. The lowest BCUT2D eigenvalue weighted by atomic mass is 10.0. The number of ether oxygens (including phenoxy) is 1. The summed E-state index contributed by atoms with van der Waals surface area (Å²) in [5, 5.41) is 17.9. The number of nitrogens with zero attached hydrogens (tertiary/aromatic N) is 4. The summed E-state index contributed by atoms with van der Waals surface area (Å²) in [7, 11) is 0. The van der Waals surface area contributed by atoms with Crippen LogP contribution in [0.4, 0.5) is 0 Å². The molecule has 1 atom stereocenters. The van der Waals surface area contributed by atoms with Crippen molar-refractivity contribution in [2.45, 2.75) is 12.0 Å². The quantitative estimate of drug-likeness (QED) is 0.822. The van der Waals surface area contributed by atoms with Crippen molar-refractivity contribution in [3.8, 4) is 11.3 Å². The van der Waals surface area contributed by atoms with Crippen LogP contribution in [-0.2, 0) is 4.74 Å². The molecule has 138 valence electrons. The number of H-pyrrole nitrogens is 1. The lowest BCUT2D eigenvalue weighted by Crippen LogP contribution is -2.49. The molecule has 8 nitrogen and oxygen atoms in total. The van der Waals surface area contributed by atoms with Crippen molar-refractivity contribution in [3.05, 3.63) is 36.3 Å². The van der Waals surface area contributed by atoms with E-state index in [2.05, 4.69) is 20.1 Å². The first-order valence-corrected chi connectivity index (χ1v) is 8.91. The van der Waals surface area contributed by atoms with Crippen LogP contribution in [0.2, 0.25) is 0 Å².